The lowest BCUT2D eigenvalue weighted by molar-refractivity contribution is 0.237. The molecule has 2 aromatic carbocycles. The molecule has 3 aromatic rings. The summed E-state index contributed by atoms with van der Waals surface area (Å²) in [5.74, 6) is 1.23. The molecule has 1 N–H and O–H groups in total. The second-order valence-electron chi connectivity index (χ2n) is 6.80. The van der Waals surface area contributed by atoms with Crippen LogP contribution in [0.15, 0.2) is 54.7 Å². The molecule has 0 atom stereocenters. The number of hydrogen-bond donors (Lipinski definition) is 1. The molecule has 0 saturated heterocycles. The molecule has 144 valence electrons. The molecule has 0 bridgehead atoms. The Bertz CT molecular complexity index is 946. The number of fused-ring (bicyclic) bond motifs is 1. The lowest BCUT2D eigenvalue weighted by Gasteiger charge is -2.28. The maximum absolute atomic E-state index is 13.0. The first-order valence-electron chi connectivity index (χ1n) is 9.51. The van der Waals surface area contributed by atoms with Crippen molar-refractivity contribution in [1.29, 1.82) is 0 Å². The third kappa shape index (κ3) is 4.28. The molecule has 0 radical (unpaired) electrons. The first-order valence-corrected chi connectivity index (χ1v) is 9.51. The Balaban J connectivity index is 1.44. The lowest BCUT2D eigenvalue weighted by atomic mass is 10.1. The third-order valence-electron chi connectivity index (χ3n) is 4.78. The summed E-state index contributed by atoms with van der Waals surface area (Å²) in [6.45, 7) is 5.25. The van der Waals surface area contributed by atoms with Crippen molar-refractivity contribution in [3.63, 3.8) is 0 Å². The summed E-state index contributed by atoms with van der Waals surface area (Å²) in [6.07, 6.45) is 2.75. The van der Waals surface area contributed by atoms with E-state index in [2.05, 4.69) is 26.3 Å². The minimum atomic E-state index is -0.261. The molecule has 4 rings (SSSR count). The Morgan fingerprint density at radius 1 is 1.14 bits per heavy atom. The average Bonchev–Trinajstić information content (AvgIpc) is 2.71. The van der Waals surface area contributed by atoms with Crippen LogP contribution < -0.4 is 10.1 Å². The quantitative estimate of drug-likeness (QED) is 0.692. The van der Waals surface area contributed by atoms with Crippen LogP contribution in [-0.4, -0.2) is 28.0 Å². The first kappa shape index (κ1) is 18.4. The van der Waals surface area contributed by atoms with E-state index in [-0.39, 0.29) is 5.82 Å². The molecule has 6 heteroatoms. The van der Waals surface area contributed by atoms with Gasteiger partial charge >= 0.3 is 0 Å². The van der Waals surface area contributed by atoms with Gasteiger partial charge in [-0.05, 0) is 37.3 Å². The van der Waals surface area contributed by atoms with Crippen LogP contribution in [0.4, 0.5) is 16.0 Å². The SMILES string of the molecule is CCOc1ccccc1CN1CCc2nc(Nc3ccc(F)cc3)ncc2C1. The van der Waals surface area contributed by atoms with Crippen molar-refractivity contribution in [3.05, 3.63) is 77.4 Å². The fourth-order valence-corrected chi connectivity index (χ4v) is 3.40. The maximum atomic E-state index is 13.0. The zero-order chi connectivity index (χ0) is 19.3. The van der Waals surface area contributed by atoms with E-state index in [0.717, 1.165) is 48.7 Å². The van der Waals surface area contributed by atoms with Gasteiger partial charge in [-0.3, -0.25) is 4.90 Å². The van der Waals surface area contributed by atoms with Crippen molar-refractivity contribution < 1.29 is 9.13 Å². The Kier molecular flexibility index (Phi) is 5.48. The summed E-state index contributed by atoms with van der Waals surface area (Å²) in [6, 6.07) is 14.4. The van der Waals surface area contributed by atoms with Gasteiger partial charge in [-0.1, -0.05) is 18.2 Å². The lowest BCUT2D eigenvalue weighted by Crippen LogP contribution is -2.31. The Hall–Kier alpha value is -2.99. The molecule has 5 nitrogen and oxygen atoms in total. The van der Waals surface area contributed by atoms with Gasteiger partial charge in [0, 0.05) is 49.1 Å². The summed E-state index contributed by atoms with van der Waals surface area (Å²) in [5, 5.41) is 3.13. The predicted molar refractivity (Wildman–Crippen MR) is 107 cm³/mol. The van der Waals surface area contributed by atoms with Crippen LogP contribution in [0.3, 0.4) is 0 Å². The van der Waals surface area contributed by atoms with Crippen LogP contribution in [0, 0.1) is 5.82 Å². The second-order valence-corrected chi connectivity index (χ2v) is 6.80. The van der Waals surface area contributed by atoms with Gasteiger partial charge in [0.2, 0.25) is 5.95 Å². The number of nitrogens with one attached hydrogen (secondary N) is 1. The number of para-hydroxylation sites is 1. The molecule has 0 amide bonds. The molecule has 0 unspecified atom stereocenters. The van der Waals surface area contributed by atoms with Gasteiger partial charge in [0.25, 0.3) is 0 Å². The van der Waals surface area contributed by atoms with E-state index in [1.807, 2.05) is 31.3 Å². The zero-order valence-corrected chi connectivity index (χ0v) is 15.9. The van der Waals surface area contributed by atoms with E-state index in [0.29, 0.717) is 12.6 Å². The molecule has 1 aromatic heterocycles. The molecule has 0 saturated carbocycles. The van der Waals surface area contributed by atoms with Crippen LogP contribution in [0.1, 0.15) is 23.7 Å². The molecular formula is C22H23FN4O. The van der Waals surface area contributed by atoms with E-state index in [9.17, 15) is 4.39 Å². The number of halogens is 1. The second kappa shape index (κ2) is 8.35. The van der Waals surface area contributed by atoms with Gasteiger partial charge in [-0.25, -0.2) is 14.4 Å². The number of hydrogen-bond acceptors (Lipinski definition) is 5. The Morgan fingerprint density at radius 2 is 1.96 bits per heavy atom. The van der Waals surface area contributed by atoms with Crippen molar-refractivity contribution in [3.8, 4) is 5.75 Å². The topological polar surface area (TPSA) is 50.3 Å². The molecule has 1 aliphatic heterocycles. The molecule has 0 spiro atoms. The molecule has 0 fully saturated rings. The number of nitrogens with zero attached hydrogens (tertiary/aromatic N) is 3. The van der Waals surface area contributed by atoms with Crippen molar-refractivity contribution in [1.82, 2.24) is 14.9 Å². The van der Waals surface area contributed by atoms with E-state index in [4.69, 9.17) is 4.74 Å². The third-order valence-corrected chi connectivity index (χ3v) is 4.78. The van der Waals surface area contributed by atoms with E-state index >= 15 is 0 Å². The predicted octanol–water partition coefficient (Wildman–Crippen LogP) is 4.32. The van der Waals surface area contributed by atoms with Crippen molar-refractivity contribution in [2.24, 2.45) is 0 Å². The Labute approximate surface area is 164 Å². The number of rotatable bonds is 6. The van der Waals surface area contributed by atoms with Gasteiger partial charge in [0.15, 0.2) is 0 Å². The van der Waals surface area contributed by atoms with Gasteiger partial charge in [0.1, 0.15) is 11.6 Å². The van der Waals surface area contributed by atoms with E-state index in [1.54, 1.807) is 12.1 Å². The first-order chi connectivity index (χ1) is 13.7. The van der Waals surface area contributed by atoms with Crippen LogP contribution in [0.25, 0.3) is 0 Å². The summed E-state index contributed by atoms with van der Waals surface area (Å²) < 4.78 is 18.8. The summed E-state index contributed by atoms with van der Waals surface area (Å²) in [4.78, 5) is 11.5. The molecule has 0 aliphatic carbocycles. The summed E-state index contributed by atoms with van der Waals surface area (Å²) >= 11 is 0. The fourth-order valence-electron chi connectivity index (χ4n) is 3.40. The molecule has 2 heterocycles. The van der Waals surface area contributed by atoms with Crippen molar-refractivity contribution >= 4 is 11.6 Å². The van der Waals surface area contributed by atoms with Gasteiger partial charge < -0.3 is 10.1 Å². The standard InChI is InChI=1S/C22H23FN4O/c1-2-28-21-6-4-3-5-16(21)14-27-12-11-20-17(15-27)13-24-22(26-20)25-19-9-7-18(23)8-10-19/h3-10,13H,2,11-12,14-15H2,1H3,(H,24,25,26). The number of anilines is 2. The van der Waals surface area contributed by atoms with Gasteiger partial charge in [-0.2, -0.15) is 0 Å². The smallest absolute Gasteiger partial charge is 0.227 e. The normalized spacial score (nSPS) is 13.8. The van der Waals surface area contributed by atoms with Gasteiger partial charge in [-0.15, -0.1) is 0 Å². The van der Waals surface area contributed by atoms with Crippen LogP contribution in [-0.2, 0) is 19.5 Å². The monoisotopic (exact) mass is 378 g/mol. The molecular weight excluding hydrogens is 355 g/mol. The highest BCUT2D eigenvalue weighted by Crippen LogP contribution is 2.24. The zero-order valence-electron chi connectivity index (χ0n) is 15.9. The minimum absolute atomic E-state index is 0.261. The van der Waals surface area contributed by atoms with Crippen LogP contribution in [0.5, 0.6) is 5.75 Å². The van der Waals surface area contributed by atoms with Gasteiger partial charge in [0.05, 0.1) is 12.3 Å². The van der Waals surface area contributed by atoms with Crippen LogP contribution >= 0.6 is 0 Å². The van der Waals surface area contributed by atoms with E-state index in [1.165, 1.54) is 17.7 Å². The van der Waals surface area contributed by atoms with Crippen LogP contribution in [0.2, 0.25) is 0 Å². The fraction of sp³-hybridized carbons (Fsp3) is 0.273. The number of ether oxygens (including phenoxy) is 1. The summed E-state index contributed by atoms with van der Waals surface area (Å²) in [5.41, 5.74) is 4.17. The molecule has 28 heavy (non-hydrogen) atoms. The largest absolute Gasteiger partial charge is 0.494 e. The highest BCUT2D eigenvalue weighted by Gasteiger charge is 2.19. The maximum Gasteiger partial charge on any atom is 0.227 e. The Morgan fingerprint density at radius 3 is 2.79 bits per heavy atom. The van der Waals surface area contributed by atoms with E-state index < -0.39 is 0 Å². The number of benzene rings is 2. The molecule has 1 aliphatic rings. The highest BCUT2D eigenvalue weighted by atomic mass is 19.1. The van der Waals surface area contributed by atoms with Crippen molar-refractivity contribution in [2.75, 3.05) is 18.5 Å². The van der Waals surface area contributed by atoms with Crippen molar-refractivity contribution in [2.45, 2.75) is 26.4 Å². The highest BCUT2D eigenvalue weighted by molar-refractivity contribution is 5.53. The number of aromatic nitrogens is 2. The minimum Gasteiger partial charge on any atom is -0.494 e. The average molecular weight is 378 g/mol. The summed E-state index contributed by atoms with van der Waals surface area (Å²) in [7, 11) is 0.